The van der Waals surface area contributed by atoms with Crippen LogP contribution in [-0.2, 0) is 16.6 Å². The first-order chi connectivity index (χ1) is 9.83. The molecule has 3 N–H and O–H groups in total. The van der Waals surface area contributed by atoms with Crippen molar-refractivity contribution in [3.05, 3.63) is 35.7 Å². The molecule has 0 spiro atoms. The predicted octanol–water partition coefficient (Wildman–Crippen LogP) is 1.11. The van der Waals surface area contributed by atoms with E-state index in [1.165, 1.54) is 19.2 Å². The molecule has 0 fully saturated rings. The molecule has 1 aromatic heterocycles. The maximum Gasteiger partial charge on any atom is 0.240 e. The van der Waals surface area contributed by atoms with E-state index in [1.807, 2.05) is 24.9 Å². The fourth-order valence-electron chi connectivity index (χ4n) is 1.99. The van der Waals surface area contributed by atoms with Gasteiger partial charge in [0.05, 0.1) is 22.8 Å². The number of hydrogen-bond donors (Lipinski definition) is 2. The summed E-state index contributed by atoms with van der Waals surface area (Å²) in [5.41, 5.74) is 7.84. The fourth-order valence-corrected chi connectivity index (χ4v) is 2.75. The van der Waals surface area contributed by atoms with Gasteiger partial charge in [-0.1, -0.05) is 5.16 Å². The summed E-state index contributed by atoms with van der Waals surface area (Å²) < 4.78 is 30.7. The van der Waals surface area contributed by atoms with Crippen LogP contribution in [0.25, 0.3) is 0 Å². The third kappa shape index (κ3) is 3.34. The lowest BCUT2D eigenvalue weighted by Gasteiger charge is -2.20. The van der Waals surface area contributed by atoms with Gasteiger partial charge in [0.15, 0.2) is 0 Å². The first kappa shape index (κ1) is 15.3. The molecule has 7 nitrogen and oxygen atoms in total. The molecule has 0 amide bonds. The second-order valence-corrected chi connectivity index (χ2v) is 6.60. The molecule has 0 saturated heterocycles. The molecule has 2 aromatic rings. The van der Waals surface area contributed by atoms with Gasteiger partial charge in [-0.15, -0.1) is 0 Å². The number of nitrogens with zero attached hydrogens (tertiary/aromatic N) is 2. The molecule has 21 heavy (non-hydrogen) atoms. The van der Waals surface area contributed by atoms with Crippen molar-refractivity contribution >= 4 is 21.4 Å². The molecular formula is C13H18N4O3S. The highest BCUT2D eigenvalue weighted by Gasteiger charge is 2.15. The highest BCUT2D eigenvalue weighted by molar-refractivity contribution is 7.89. The van der Waals surface area contributed by atoms with Crippen molar-refractivity contribution in [1.29, 1.82) is 0 Å². The van der Waals surface area contributed by atoms with Crippen LogP contribution in [0.15, 0.2) is 33.7 Å². The van der Waals surface area contributed by atoms with Crippen LogP contribution in [0.3, 0.4) is 0 Å². The Morgan fingerprint density at radius 1 is 1.38 bits per heavy atom. The topological polar surface area (TPSA) is 101 Å². The zero-order valence-corrected chi connectivity index (χ0v) is 12.9. The number of aromatic nitrogens is 1. The molecule has 8 heteroatoms. The van der Waals surface area contributed by atoms with E-state index in [-0.39, 0.29) is 4.90 Å². The number of nitrogens with two attached hydrogens (primary N) is 1. The standard InChI is InChI=1S/C13H18N4O3S/c1-9-6-10(16-20-9)8-17(3)13-5-4-11(7-12(13)14)21(18,19)15-2/h4-7,15H,8,14H2,1-3H3. The Balaban J connectivity index is 2.24. The molecule has 0 aliphatic rings. The lowest BCUT2D eigenvalue weighted by molar-refractivity contribution is 0.390. The molecule has 0 aliphatic carbocycles. The molecule has 2 rings (SSSR count). The van der Waals surface area contributed by atoms with Crippen molar-refractivity contribution in [1.82, 2.24) is 9.88 Å². The Bertz CT molecular complexity index is 740. The van der Waals surface area contributed by atoms with Gasteiger partial charge in [0.2, 0.25) is 10.0 Å². The lowest BCUT2D eigenvalue weighted by Crippen LogP contribution is -2.20. The number of nitrogen functional groups attached to an aromatic ring is 1. The maximum absolute atomic E-state index is 11.7. The van der Waals surface area contributed by atoms with Gasteiger partial charge in [0.1, 0.15) is 11.5 Å². The summed E-state index contributed by atoms with van der Waals surface area (Å²) in [6.07, 6.45) is 0. The highest BCUT2D eigenvalue weighted by Crippen LogP contribution is 2.26. The zero-order chi connectivity index (χ0) is 15.6. The maximum atomic E-state index is 11.7. The third-order valence-electron chi connectivity index (χ3n) is 3.07. The Morgan fingerprint density at radius 2 is 2.10 bits per heavy atom. The average molecular weight is 310 g/mol. The summed E-state index contributed by atoms with van der Waals surface area (Å²) in [7, 11) is -0.286. The lowest BCUT2D eigenvalue weighted by atomic mass is 10.2. The molecule has 0 radical (unpaired) electrons. The minimum absolute atomic E-state index is 0.136. The number of hydrogen-bond acceptors (Lipinski definition) is 6. The van der Waals surface area contributed by atoms with Crippen molar-refractivity contribution in [2.75, 3.05) is 24.7 Å². The minimum Gasteiger partial charge on any atom is -0.397 e. The van der Waals surface area contributed by atoms with Gasteiger partial charge in [-0.05, 0) is 32.2 Å². The van der Waals surface area contributed by atoms with Crippen LogP contribution in [0.1, 0.15) is 11.5 Å². The van der Waals surface area contributed by atoms with E-state index in [2.05, 4.69) is 9.88 Å². The van der Waals surface area contributed by atoms with Crippen LogP contribution in [-0.4, -0.2) is 27.7 Å². The summed E-state index contributed by atoms with van der Waals surface area (Å²) in [6.45, 7) is 2.34. The van der Waals surface area contributed by atoms with Gasteiger partial charge in [0, 0.05) is 13.1 Å². The van der Waals surface area contributed by atoms with Crippen molar-refractivity contribution < 1.29 is 12.9 Å². The van der Waals surface area contributed by atoms with E-state index in [0.717, 1.165) is 17.1 Å². The molecule has 0 saturated carbocycles. The summed E-state index contributed by atoms with van der Waals surface area (Å²) in [5.74, 6) is 0.738. The Hall–Kier alpha value is -2.06. The van der Waals surface area contributed by atoms with Gasteiger partial charge in [-0.3, -0.25) is 0 Å². The number of nitrogens with one attached hydrogen (secondary N) is 1. The summed E-state index contributed by atoms with van der Waals surface area (Å²) in [5, 5.41) is 3.92. The molecule has 1 aromatic carbocycles. The summed E-state index contributed by atoms with van der Waals surface area (Å²) >= 11 is 0. The minimum atomic E-state index is -3.49. The molecule has 0 atom stereocenters. The van der Waals surface area contributed by atoms with E-state index < -0.39 is 10.0 Å². The monoisotopic (exact) mass is 310 g/mol. The zero-order valence-electron chi connectivity index (χ0n) is 12.1. The van der Waals surface area contributed by atoms with Crippen molar-refractivity contribution in [2.24, 2.45) is 0 Å². The SMILES string of the molecule is CNS(=O)(=O)c1ccc(N(C)Cc2cc(C)on2)c(N)c1. The quantitative estimate of drug-likeness (QED) is 0.802. The van der Waals surface area contributed by atoms with Gasteiger partial charge < -0.3 is 15.2 Å². The molecular weight excluding hydrogens is 292 g/mol. The Morgan fingerprint density at radius 3 is 2.62 bits per heavy atom. The van der Waals surface area contributed by atoms with Crippen molar-refractivity contribution in [3.63, 3.8) is 0 Å². The Kier molecular flexibility index (Phi) is 4.19. The predicted molar refractivity (Wildman–Crippen MR) is 80.4 cm³/mol. The second kappa shape index (κ2) is 5.74. The smallest absolute Gasteiger partial charge is 0.240 e. The van der Waals surface area contributed by atoms with Crippen LogP contribution in [0, 0.1) is 6.92 Å². The molecule has 1 heterocycles. The van der Waals surface area contributed by atoms with Crippen LogP contribution < -0.4 is 15.4 Å². The molecule has 0 bridgehead atoms. The molecule has 114 valence electrons. The molecule has 0 unspecified atom stereocenters. The largest absolute Gasteiger partial charge is 0.397 e. The summed E-state index contributed by atoms with van der Waals surface area (Å²) in [6, 6.07) is 6.47. The first-order valence-electron chi connectivity index (χ1n) is 6.30. The van der Waals surface area contributed by atoms with Crippen LogP contribution >= 0.6 is 0 Å². The van der Waals surface area contributed by atoms with E-state index >= 15 is 0 Å². The highest BCUT2D eigenvalue weighted by atomic mass is 32.2. The number of rotatable bonds is 5. The number of aryl methyl sites for hydroxylation is 1. The van der Waals surface area contributed by atoms with E-state index in [9.17, 15) is 8.42 Å². The second-order valence-electron chi connectivity index (χ2n) is 4.71. The number of anilines is 2. The van der Waals surface area contributed by atoms with Crippen molar-refractivity contribution in [3.8, 4) is 0 Å². The number of benzene rings is 1. The summed E-state index contributed by atoms with van der Waals surface area (Å²) in [4.78, 5) is 2.01. The van der Waals surface area contributed by atoms with E-state index in [1.54, 1.807) is 6.07 Å². The number of sulfonamides is 1. The van der Waals surface area contributed by atoms with Gasteiger partial charge in [-0.2, -0.15) is 0 Å². The van der Waals surface area contributed by atoms with Gasteiger partial charge >= 0.3 is 0 Å². The average Bonchev–Trinajstić information content (AvgIpc) is 2.83. The van der Waals surface area contributed by atoms with Gasteiger partial charge in [0.25, 0.3) is 0 Å². The van der Waals surface area contributed by atoms with Gasteiger partial charge in [-0.25, -0.2) is 13.1 Å². The van der Waals surface area contributed by atoms with Crippen molar-refractivity contribution in [2.45, 2.75) is 18.4 Å². The van der Waals surface area contributed by atoms with E-state index in [0.29, 0.717) is 12.2 Å². The molecule has 0 aliphatic heterocycles. The van der Waals surface area contributed by atoms with E-state index in [4.69, 9.17) is 10.3 Å². The van der Waals surface area contributed by atoms with Crippen LogP contribution in [0.2, 0.25) is 0 Å². The third-order valence-corrected chi connectivity index (χ3v) is 4.48. The van der Waals surface area contributed by atoms with Crippen LogP contribution in [0.4, 0.5) is 11.4 Å². The van der Waals surface area contributed by atoms with Crippen LogP contribution in [0.5, 0.6) is 0 Å². The Labute approximate surface area is 123 Å². The fraction of sp³-hybridized carbons (Fsp3) is 0.308. The normalized spacial score (nSPS) is 11.6. The first-order valence-corrected chi connectivity index (χ1v) is 7.78.